The molecule has 19 heteroatoms. The van der Waals surface area contributed by atoms with E-state index in [0.29, 0.717) is 14.7 Å². The van der Waals surface area contributed by atoms with Gasteiger partial charge in [0.2, 0.25) is 0 Å². The largest absolute Gasteiger partial charge is 0.497 e. The average Bonchev–Trinajstić information content (AvgIpc) is 3.52. The third-order valence-corrected chi connectivity index (χ3v) is 14.7. The van der Waals surface area contributed by atoms with Gasteiger partial charge in [0, 0.05) is 20.2 Å². The van der Waals surface area contributed by atoms with Crippen LogP contribution in [0.4, 0.5) is 39.5 Å². The van der Waals surface area contributed by atoms with Gasteiger partial charge >= 0.3 is 33.4 Å². The van der Waals surface area contributed by atoms with Gasteiger partial charge < -0.3 is 9.47 Å². The van der Waals surface area contributed by atoms with Gasteiger partial charge in [-0.25, -0.2) is 3.63 Å². The van der Waals surface area contributed by atoms with Gasteiger partial charge in [-0.1, -0.05) is 23.9 Å². The Labute approximate surface area is 283 Å². The molecule has 4 aromatic rings. The van der Waals surface area contributed by atoms with Crippen LogP contribution in [0.3, 0.4) is 0 Å². The molecule has 0 saturated heterocycles. The van der Waals surface area contributed by atoms with E-state index >= 15 is 8.78 Å². The number of carbonyl (C=O) groups is 1. The molecule has 49 heavy (non-hydrogen) atoms. The van der Waals surface area contributed by atoms with Crippen molar-refractivity contribution in [2.24, 2.45) is 0 Å². The van der Waals surface area contributed by atoms with Crippen LogP contribution in [-0.2, 0) is 13.7 Å². The summed E-state index contributed by atoms with van der Waals surface area (Å²) in [5.74, 6) is -14.9. The summed E-state index contributed by atoms with van der Waals surface area (Å²) in [5, 5.41) is -7.12. The molecule has 266 valence electrons. The van der Waals surface area contributed by atoms with Crippen molar-refractivity contribution in [3.63, 3.8) is 0 Å². The molecule has 0 unspecified atom stereocenters. The van der Waals surface area contributed by atoms with E-state index in [1.54, 1.807) is 12.1 Å². The van der Waals surface area contributed by atoms with E-state index in [0.717, 1.165) is 47.4 Å². The van der Waals surface area contributed by atoms with Gasteiger partial charge in [0.25, 0.3) is 0 Å². The summed E-state index contributed by atoms with van der Waals surface area (Å²) in [7, 11) is -9.09. The third-order valence-electron chi connectivity index (χ3n) is 6.72. The molecule has 0 radical (unpaired) electrons. The summed E-state index contributed by atoms with van der Waals surface area (Å²) in [6.07, 6.45) is -7.27. The third kappa shape index (κ3) is 6.99. The van der Waals surface area contributed by atoms with Crippen LogP contribution < -0.4 is 9.47 Å². The molecule has 0 bridgehead atoms. The number of rotatable bonds is 13. The topological polar surface area (TPSA) is 78.9 Å². The van der Waals surface area contributed by atoms with Crippen LogP contribution in [0.5, 0.6) is 11.5 Å². The number of ether oxygens (including phenoxy) is 2. The summed E-state index contributed by atoms with van der Waals surface area (Å²) in [5.41, 5.74) is 0.395. The van der Waals surface area contributed by atoms with Gasteiger partial charge in [-0.15, -0.1) is 11.3 Å². The van der Waals surface area contributed by atoms with Gasteiger partial charge in [0.15, 0.2) is 5.78 Å². The lowest BCUT2D eigenvalue weighted by molar-refractivity contribution is -0.382. The van der Waals surface area contributed by atoms with Gasteiger partial charge in [-0.3, -0.25) is 4.79 Å². The van der Waals surface area contributed by atoms with Crippen LogP contribution in [-0.4, -0.2) is 51.7 Å². The molecule has 0 aliphatic heterocycles. The quantitative estimate of drug-likeness (QED) is 0.0988. The lowest BCUT2D eigenvalue weighted by Gasteiger charge is -2.40. The number of hydrogen-bond donors (Lipinski definition) is 0. The van der Waals surface area contributed by atoms with E-state index in [9.17, 15) is 43.9 Å². The molecule has 0 spiro atoms. The molecule has 4 rings (SSSR count). The monoisotopic (exact) mass is 778 g/mol. The number of methoxy groups -OCH3 is 2. The number of hydrogen-bond acceptors (Lipinski definition) is 8. The minimum Gasteiger partial charge on any atom is -0.497 e. The van der Waals surface area contributed by atoms with Crippen molar-refractivity contribution in [2.75, 3.05) is 14.2 Å². The summed E-state index contributed by atoms with van der Waals surface area (Å²) in [6, 6.07) is 18.3. The van der Waals surface area contributed by atoms with E-state index in [1.807, 2.05) is 0 Å². The lowest BCUT2D eigenvalue weighted by atomic mass is 10.1. The maximum absolute atomic E-state index is 15.2. The molecule has 1 aromatic heterocycles. The first-order valence-corrected chi connectivity index (χ1v) is 17.9. The average molecular weight is 779 g/mol. The van der Waals surface area contributed by atoms with E-state index in [4.69, 9.17) is 13.1 Å². The molecule has 0 aliphatic rings. The van der Waals surface area contributed by atoms with Crippen molar-refractivity contribution in [3.05, 3.63) is 90.5 Å². The Morgan fingerprint density at radius 3 is 1.55 bits per heavy atom. The lowest BCUT2D eigenvalue weighted by Crippen LogP contribution is -2.63. The summed E-state index contributed by atoms with van der Waals surface area (Å²) in [6.45, 7) is 1.35. The van der Waals surface area contributed by atoms with Crippen molar-refractivity contribution in [1.82, 2.24) is 0 Å². The Bertz CT molecular complexity index is 1850. The number of alkyl halides is 9. The fourth-order valence-electron chi connectivity index (χ4n) is 4.10. The Hall–Kier alpha value is -3.39. The normalized spacial score (nSPS) is 13.6. The maximum atomic E-state index is 15.2. The maximum Gasteiger partial charge on any atom is 0.460 e. The van der Waals surface area contributed by atoms with E-state index < -0.39 is 43.7 Å². The fraction of sp³-hybridized carbons (Fsp3) is 0.233. The van der Waals surface area contributed by atoms with Gasteiger partial charge in [0.1, 0.15) is 11.5 Å². The molecule has 0 atom stereocenters. The Morgan fingerprint density at radius 1 is 0.673 bits per heavy atom. The van der Waals surface area contributed by atoms with Crippen LogP contribution in [0.2, 0.25) is 0 Å². The van der Waals surface area contributed by atoms with Crippen molar-refractivity contribution >= 4 is 49.3 Å². The highest BCUT2D eigenvalue weighted by Crippen LogP contribution is 2.73. The highest BCUT2D eigenvalue weighted by atomic mass is 32.3. The Balaban J connectivity index is 1.98. The van der Waals surface area contributed by atoms with Crippen LogP contribution >= 0.6 is 33.4 Å². The summed E-state index contributed by atoms with van der Waals surface area (Å²) < 4.78 is 168. The van der Waals surface area contributed by atoms with Crippen LogP contribution in [0.15, 0.2) is 108 Å². The number of ketones is 1. The number of halogens is 9. The zero-order chi connectivity index (χ0) is 36.6. The first-order valence-electron chi connectivity index (χ1n) is 13.3. The van der Waals surface area contributed by atoms with Crippen molar-refractivity contribution < 1.29 is 65.8 Å². The van der Waals surface area contributed by atoms with Crippen LogP contribution in [0.1, 0.15) is 17.3 Å². The van der Waals surface area contributed by atoms with Crippen LogP contribution in [0.25, 0.3) is 0 Å². The van der Waals surface area contributed by atoms with Gasteiger partial charge in [-0.05, 0) is 90.0 Å². The zero-order valence-electron chi connectivity index (χ0n) is 25.1. The van der Waals surface area contributed by atoms with E-state index in [2.05, 4.69) is 0 Å². The predicted octanol–water partition coefficient (Wildman–Crippen LogP) is 10.1. The molecule has 0 amide bonds. The minimum atomic E-state index is -7.52. The molecule has 0 fully saturated rings. The zero-order valence-corrected chi connectivity index (χ0v) is 28.3. The standard InChI is InChI=1S/C30H23F9O6S4/c1-18(40)19-4-10-22(11-5-19)46-25-16-17-26(47-25)48(23-12-6-20(43-2)7-13-23,24-14-8-21(44-3)9-15-24)45-49(41,42)30(38,39)28(33,34)27(31,32)29(35,36)37/h4-17H,1-3H3. The molecule has 1 heterocycles. The van der Waals surface area contributed by atoms with Gasteiger partial charge in [0.05, 0.1) is 22.6 Å². The number of carbonyl (C=O) groups excluding carboxylic acids is 1. The summed E-state index contributed by atoms with van der Waals surface area (Å²) >= 11 is 1.81. The highest BCUT2D eigenvalue weighted by Gasteiger charge is 2.86. The molecule has 0 N–H and O–H groups in total. The second kappa shape index (κ2) is 13.7. The number of thiophene rings is 1. The molecule has 0 aliphatic carbocycles. The first-order chi connectivity index (χ1) is 22.6. The summed E-state index contributed by atoms with van der Waals surface area (Å²) in [4.78, 5) is 11.7. The van der Waals surface area contributed by atoms with E-state index in [-0.39, 0.29) is 31.3 Å². The molecular weight excluding hydrogens is 756 g/mol. The molecule has 3 aromatic carbocycles. The fourth-order valence-corrected chi connectivity index (χ4v) is 12.4. The van der Waals surface area contributed by atoms with Crippen molar-refractivity contribution in [3.8, 4) is 11.5 Å². The molecule has 6 nitrogen and oxygen atoms in total. The smallest absolute Gasteiger partial charge is 0.460 e. The second-order valence-electron chi connectivity index (χ2n) is 9.85. The van der Waals surface area contributed by atoms with Crippen molar-refractivity contribution in [2.45, 2.75) is 53.3 Å². The number of Topliss-reactive ketones (excluding diaryl/α,β-unsaturated/α-hetero) is 1. The Kier molecular flexibility index (Phi) is 10.8. The van der Waals surface area contributed by atoms with Crippen molar-refractivity contribution in [1.29, 1.82) is 0 Å². The highest BCUT2D eigenvalue weighted by molar-refractivity contribution is 8.34. The first kappa shape index (κ1) is 38.4. The Morgan fingerprint density at radius 2 is 1.14 bits per heavy atom. The minimum absolute atomic E-state index is 0.160. The number of benzene rings is 3. The molecule has 0 saturated carbocycles. The van der Waals surface area contributed by atoms with E-state index in [1.165, 1.54) is 69.7 Å². The van der Waals surface area contributed by atoms with Gasteiger partial charge in [-0.2, -0.15) is 47.9 Å². The van der Waals surface area contributed by atoms with Crippen LogP contribution in [0, 0.1) is 0 Å². The second-order valence-corrected chi connectivity index (χ2v) is 17.0. The molecular formula is C30H23F9O6S4. The SMILES string of the molecule is COc1ccc(S(OS(=O)(=O)C(F)(F)C(F)(F)C(F)(F)C(F)(F)F)(c2ccc(OC)cc2)c2ccc(Sc3ccc(C(C)=O)cc3)s2)cc1. The predicted molar refractivity (Wildman–Crippen MR) is 164 cm³/mol.